The second kappa shape index (κ2) is 5.78. The molecule has 0 aliphatic rings. The first-order valence-electron chi connectivity index (χ1n) is 7.76. The van der Waals surface area contributed by atoms with Crippen LogP contribution in [0.2, 0.25) is 0 Å². The number of hydrogen-bond acceptors (Lipinski definition) is 2. The standard InChI is InChI=1S/C20H19BrO3/c1-11-8-9-15-13(10-11)17(21)18(24-15)16-12(19(22)23)6-5-7-14(16)20(2,3)4/h5-10H,1-4H3,(H,22,23). The van der Waals surface area contributed by atoms with Crippen LogP contribution in [-0.2, 0) is 5.41 Å². The van der Waals surface area contributed by atoms with E-state index in [4.69, 9.17) is 4.42 Å². The van der Waals surface area contributed by atoms with Crippen molar-refractivity contribution >= 4 is 32.9 Å². The molecule has 3 nitrogen and oxygen atoms in total. The van der Waals surface area contributed by atoms with Crippen molar-refractivity contribution in [3.05, 3.63) is 57.6 Å². The van der Waals surface area contributed by atoms with E-state index < -0.39 is 5.97 Å². The molecule has 1 N–H and O–H groups in total. The average Bonchev–Trinajstić information content (AvgIpc) is 2.82. The van der Waals surface area contributed by atoms with E-state index in [-0.39, 0.29) is 11.0 Å². The normalized spacial score (nSPS) is 11.9. The zero-order chi connectivity index (χ0) is 17.6. The Morgan fingerprint density at radius 1 is 1.17 bits per heavy atom. The summed E-state index contributed by atoms with van der Waals surface area (Å²) in [6, 6.07) is 11.3. The molecule has 2 aromatic carbocycles. The fourth-order valence-corrected chi connectivity index (χ4v) is 3.53. The molecule has 124 valence electrons. The maximum absolute atomic E-state index is 11.8. The van der Waals surface area contributed by atoms with Crippen LogP contribution in [0.3, 0.4) is 0 Å². The fraction of sp³-hybridized carbons (Fsp3) is 0.250. The number of rotatable bonds is 2. The van der Waals surface area contributed by atoms with Gasteiger partial charge in [-0.25, -0.2) is 4.79 Å². The highest BCUT2D eigenvalue weighted by molar-refractivity contribution is 9.10. The number of halogens is 1. The minimum absolute atomic E-state index is 0.213. The van der Waals surface area contributed by atoms with Gasteiger partial charge in [0.25, 0.3) is 0 Å². The van der Waals surface area contributed by atoms with Crippen LogP contribution < -0.4 is 0 Å². The SMILES string of the molecule is Cc1ccc2oc(-c3c(C(=O)O)cccc3C(C)(C)C)c(Br)c2c1. The number of fused-ring (bicyclic) bond motifs is 1. The Labute approximate surface area is 149 Å². The summed E-state index contributed by atoms with van der Waals surface area (Å²) in [5, 5.41) is 10.6. The fourth-order valence-electron chi connectivity index (χ4n) is 2.94. The zero-order valence-corrected chi connectivity index (χ0v) is 15.7. The number of aryl methyl sites for hydroxylation is 1. The van der Waals surface area contributed by atoms with Gasteiger partial charge in [-0.05, 0) is 52.0 Å². The number of hydrogen-bond donors (Lipinski definition) is 1. The summed E-state index contributed by atoms with van der Waals surface area (Å²) in [4.78, 5) is 11.8. The largest absolute Gasteiger partial charge is 0.478 e. The molecule has 0 fully saturated rings. The summed E-state index contributed by atoms with van der Waals surface area (Å²) in [7, 11) is 0. The van der Waals surface area contributed by atoms with Gasteiger partial charge in [0.05, 0.1) is 10.0 Å². The lowest BCUT2D eigenvalue weighted by atomic mass is 9.81. The Morgan fingerprint density at radius 2 is 1.88 bits per heavy atom. The molecule has 0 atom stereocenters. The van der Waals surface area contributed by atoms with E-state index in [9.17, 15) is 9.90 Å². The Kier molecular flexibility index (Phi) is 4.04. The van der Waals surface area contributed by atoms with E-state index >= 15 is 0 Å². The van der Waals surface area contributed by atoms with Crippen LogP contribution in [0.1, 0.15) is 42.3 Å². The molecule has 0 bridgehead atoms. The highest BCUT2D eigenvalue weighted by atomic mass is 79.9. The third-order valence-corrected chi connectivity index (χ3v) is 4.90. The van der Waals surface area contributed by atoms with Gasteiger partial charge in [0, 0.05) is 10.9 Å². The maximum atomic E-state index is 11.8. The second-order valence-electron chi connectivity index (χ2n) is 7.03. The first-order valence-corrected chi connectivity index (χ1v) is 8.55. The number of benzene rings is 2. The molecule has 4 heteroatoms. The number of carbonyl (C=O) groups is 1. The summed E-state index contributed by atoms with van der Waals surface area (Å²) in [6.07, 6.45) is 0. The van der Waals surface area contributed by atoms with E-state index in [0.717, 1.165) is 26.6 Å². The van der Waals surface area contributed by atoms with Crippen LogP contribution in [0, 0.1) is 6.92 Å². The van der Waals surface area contributed by atoms with Crippen molar-refractivity contribution < 1.29 is 14.3 Å². The lowest BCUT2D eigenvalue weighted by Crippen LogP contribution is -2.15. The Bertz CT molecular complexity index is 945. The molecule has 0 spiro atoms. The second-order valence-corrected chi connectivity index (χ2v) is 7.82. The van der Waals surface area contributed by atoms with Crippen LogP contribution in [0.4, 0.5) is 0 Å². The molecule has 0 amide bonds. The van der Waals surface area contributed by atoms with Crippen molar-refractivity contribution in [2.75, 3.05) is 0 Å². The van der Waals surface area contributed by atoms with E-state index in [1.165, 1.54) is 0 Å². The quantitative estimate of drug-likeness (QED) is 0.572. The highest BCUT2D eigenvalue weighted by Crippen LogP contribution is 2.43. The number of carboxylic acids is 1. The first kappa shape index (κ1) is 16.8. The van der Waals surface area contributed by atoms with Crippen LogP contribution >= 0.6 is 15.9 Å². The van der Waals surface area contributed by atoms with Gasteiger partial charge in [-0.1, -0.05) is 44.5 Å². The minimum Gasteiger partial charge on any atom is -0.478 e. The molecular weight excluding hydrogens is 368 g/mol. The molecule has 0 unspecified atom stereocenters. The van der Waals surface area contributed by atoms with Crippen LogP contribution in [0.25, 0.3) is 22.3 Å². The van der Waals surface area contributed by atoms with E-state index in [1.54, 1.807) is 12.1 Å². The molecule has 24 heavy (non-hydrogen) atoms. The molecule has 1 heterocycles. The van der Waals surface area contributed by atoms with Gasteiger partial charge in [-0.3, -0.25) is 0 Å². The van der Waals surface area contributed by atoms with Crippen molar-refractivity contribution in [1.29, 1.82) is 0 Å². The van der Waals surface area contributed by atoms with Gasteiger partial charge < -0.3 is 9.52 Å². The van der Waals surface area contributed by atoms with Crippen molar-refractivity contribution in [2.45, 2.75) is 33.1 Å². The summed E-state index contributed by atoms with van der Waals surface area (Å²) in [6.45, 7) is 8.22. The van der Waals surface area contributed by atoms with Gasteiger partial charge in [0.1, 0.15) is 5.58 Å². The molecule has 0 aliphatic carbocycles. The third-order valence-electron chi connectivity index (χ3n) is 4.11. The van der Waals surface area contributed by atoms with Crippen molar-refractivity contribution in [3.8, 4) is 11.3 Å². The third kappa shape index (κ3) is 2.75. The Morgan fingerprint density at radius 3 is 2.50 bits per heavy atom. The molecular formula is C20H19BrO3. The van der Waals surface area contributed by atoms with E-state index in [2.05, 4.69) is 36.7 Å². The van der Waals surface area contributed by atoms with Crippen LogP contribution in [0.5, 0.6) is 0 Å². The number of furan rings is 1. The van der Waals surface area contributed by atoms with E-state index in [0.29, 0.717) is 11.3 Å². The van der Waals surface area contributed by atoms with Crippen molar-refractivity contribution in [1.82, 2.24) is 0 Å². The maximum Gasteiger partial charge on any atom is 0.336 e. The van der Waals surface area contributed by atoms with Crippen LogP contribution in [-0.4, -0.2) is 11.1 Å². The molecule has 0 saturated heterocycles. The van der Waals surface area contributed by atoms with Gasteiger partial charge in [0.15, 0.2) is 5.76 Å². The molecule has 3 rings (SSSR count). The summed E-state index contributed by atoms with van der Waals surface area (Å²) < 4.78 is 6.85. The van der Waals surface area contributed by atoms with Gasteiger partial charge in [-0.2, -0.15) is 0 Å². The molecule has 0 saturated carbocycles. The molecule has 3 aromatic rings. The molecule has 0 aliphatic heterocycles. The Hall–Kier alpha value is -2.07. The average molecular weight is 387 g/mol. The summed E-state index contributed by atoms with van der Waals surface area (Å²) in [5.41, 5.74) is 3.48. The Balaban J connectivity index is 2.41. The van der Waals surface area contributed by atoms with Gasteiger partial charge in [-0.15, -0.1) is 0 Å². The molecule has 0 radical (unpaired) electrons. The lowest BCUT2D eigenvalue weighted by Gasteiger charge is -2.23. The summed E-state index contributed by atoms with van der Waals surface area (Å²) >= 11 is 3.62. The predicted molar refractivity (Wildman–Crippen MR) is 99.7 cm³/mol. The number of carboxylic acid groups (broad SMARTS) is 1. The number of aromatic carboxylic acids is 1. The topological polar surface area (TPSA) is 50.4 Å². The monoisotopic (exact) mass is 386 g/mol. The van der Waals surface area contributed by atoms with Crippen molar-refractivity contribution in [3.63, 3.8) is 0 Å². The van der Waals surface area contributed by atoms with Crippen molar-refractivity contribution in [2.24, 2.45) is 0 Å². The zero-order valence-electron chi connectivity index (χ0n) is 14.1. The van der Waals surface area contributed by atoms with Crippen LogP contribution in [0.15, 0.2) is 45.3 Å². The minimum atomic E-state index is -0.959. The van der Waals surface area contributed by atoms with E-state index in [1.807, 2.05) is 31.2 Å². The van der Waals surface area contributed by atoms with Gasteiger partial charge in [0.2, 0.25) is 0 Å². The van der Waals surface area contributed by atoms with Gasteiger partial charge >= 0.3 is 5.97 Å². The smallest absolute Gasteiger partial charge is 0.336 e. The highest BCUT2D eigenvalue weighted by Gasteiger charge is 2.27. The predicted octanol–water partition coefficient (Wildman–Crippen LogP) is 6.17. The summed E-state index contributed by atoms with van der Waals surface area (Å²) in [5.74, 6) is -0.391. The molecule has 1 aromatic heterocycles. The lowest BCUT2D eigenvalue weighted by molar-refractivity contribution is 0.0697. The first-order chi connectivity index (χ1) is 11.2.